The van der Waals surface area contributed by atoms with Crippen LogP contribution in [0.3, 0.4) is 0 Å². The molecule has 105 heavy (non-hydrogen) atoms. The smallest absolute Gasteiger partial charge is 0.204 e. The Hall–Kier alpha value is -3.36. The topological polar surface area (TPSA) is 77.4 Å². The summed E-state index contributed by atoms with van der Waals surface area (Å²) in [7, 11) is 0. The normalized spacial score (nSPS) is 20.6. The summed E-state index contributed by atoms with van der Waals surface area (Å²) in [6, 6.07) is 21.1. The van der Waals surface area contributed by atoms with Gasteiger partial charge < -0.3 is 29.2 Å². The van der Waals surface area contributed by atoms with Gasteiger partial charge in [-0.25, -0.2) is 0 Å². The molecular formula is C99H164O6. The zero-order chi connectivity index (χ0) is 80.7. The van der Waals surface area contributed by atoms with Crippen LogP contribution in [0.5, 0.6) is 0 Å². The molecule has 0 bridgehead atoms. The van der Waals surface area contributed by atoms with Gasteiger partial charge >= 0.3 is 0 Å². The molecule has 0 aliphatic carbocycles. The van der Waals surface area contributed by atoms with Crippen molar-refractivity contribution in [2.24, 2.45) is 16.2 Å². The molecule has 2 atom stereocenters. The van der Waals surface area contributed by atoms with E-state index in [0.29, 0.717) is 0 Å². The highest BCUT2D eigenvalue weighted by Crippen LogP contribution is 2.74. The summed E-state index contributed by atoms with van der Waals surface area (Å²) in [6.07, 6.45) is 8.74. The number of hydrogen-bond acceptors (Lipinski definition) is 6. The number of rotatable bonds is 32. The lowest BCUT2D eigenvalue weighted by molar-refractivity contribution is -0.464. The largest absolute Gasteiger partial charge is 0.396 e. The quantitative estimate of drug-likeness (QED) is 0.0507. The molecular weight excluding hydrogens is 1290 g/mol. The molecule has 2 fully saturated rings. The molecule has 6 nitrogen and oxygen atoms in total. The Morgan fingerprint density at radius 2 is 0.524 bits per heavy atom. The van der Waals surface area contributed by atoms with Crippen molar-refractivity contribution in [3.63, 3.8) is 0 Å². The molecule has 6 heteroatoms. The predicted molar refractivity (Wildman–Crippen MR) is 453 cm³/mol. The fraction of sp³-hybridized carbons (Fsp3) is 0.758. The fourth-order valence-electron chi connectivity index (χ4n) is 16.3. The lowest BCUT2D eigenvalue weighted by Gasteiger charge is -2.68. The van der Waals surface area contributed by atoms with E-state index >= 15 is 0 Å². The average molecular weight is 1450 g/mol. The second-order valence-electron chi connectivity index (χ2n) is 42.9. The summed E-state index contributed by atoms with van der Waals surface area (Å²) in [6.45, 7) is 96.7. The zero-order valence-electron chi connectivity index (χ0n) is 76.1. The molecule has 1 spiro atoms. The third kappa shape index (κ3) is 15.7. The van der Waals surface area contributed by atoms with E-state index < -0.39 is 83.3 Å². The SMILES string of the molecule is CCC(C)(C)c1cc(C(C)(C)CC)c(C2OC(c3c(C(C)(C)CC)cc(C(C)(C)CC)cc3C(C)(C)CC)(C(C)(C)CO)OC(c3c(C(C)(C)CC)cc(C(C)(C)CC)cc3C(C)(C)CC)(c3c(C(C)(C)CC)cc(C(C)(C)CC)cc3C(C)(C)CC)C23COC(C(C)(C)CO)OC3)c(C(C)(C)CC)c1. The molecule has 2 heterocycles. The summed E-state index contributed by atoms with van der Waals surface area (Å²) in [4.78, 5) is 0. The van der Waals surface area contributed by atoms with E-state index in [1.54, 1.807) is 0 Å². The van der Waals surface area contributed by atoms with E-state index in [1.807, 2.05) is 0 Å². The number of hydrogen-bond donors (Lipinski definition) is 2. The van der Waals surface area contributed by atoms with E-state index in [4.69, 9.17) is 9.47 Å². The Balaban J connectivity index is 2.53. The maximum atomic E-state index is 13.8. The van der Waals surface area contributed by atoms with Gasteiger partial charge in [0.05, 0.1) is 31.8 Å². The van der Waals surface area contributed by atoms with Crippen molar-refractivity contribution in [1.29, 1.82) is 0 Å². The first kappa shape index (κ1) is 90.5. The van der Waals surface area contributed by atoms with Crippen LogP contribution in [-0.4, -0.2) is 42.9 Å². The van der Waals surface area contributed by atoms with Gasteiger partial charge in [0, 0.05) is 16.4 Å². The first-order chi connectivity index (χ1) is 47.8. The summed E-state index contributed by atoms with van der Waals surface area (Å²) < 4.78 is 36.2. The number of benzene rings is 4. The second-order valence-corrected chi connectivity index (χ2v) is 42.9. The molecule has 2 saturated heterocycles. The predicted octanol–water partition coefficient (Wildman–Crippen LogP) is 27.2. The molecule has 2 N–H and O–H groups in total. The van der Waals surface area contributed by atoms with Gasteiger partial charge in [-0.1, -0.05) is 325 Å². The van der Waals surface area contributed by atoms with Crippen molar-refractivity contribution in [3.05, 3.63) is 138 Å². The van der Waals surface area contributed by atoms with Gasteiger partial charge in [-0.15, -0.1) is 0 Å². The van der Waals surface area contributed by atoms with Gasteiger partial charge in [-0.05, 0) is 225 Å². The zero-order valence-corrected chi connectivity index (χ0v) is 76.1. The van der Waals surface area contributed by atoms with E-state index in [1.165, 1.54) is 83.5 Å². The van der Waals surface area contributed by atoms with Crippen LogP contribution in [0.1, 0.15) is 449 Å². The van der Waals surface area contributed by atoms with Crippen molar-refractivity contribution >= 4 is 0 Å². The van der Waals surface area contributed by atoms with Crippen LogP contribution in [-0.2, 0) is 95.3 Å². The molecule has 2 aliphatic heterocycles. The molecule has 4 aromatic rings. The third-order valence-corrected chi connectivity index (χ3v) is 30.6. The minimum Gasteiger partial charge on any atom is -0.396 e. The standard InChI is InChI=1S/C99H164O6/c1-41-83(13,14)65-53-69(87(21,22)45-5)77(70(54-65)88(23,24)46-6)81-97(63-102-82(103-64-97)95(37,38)61-100)98(78-71(89(25,26)47-7)55-66(84(15,16)42-2)56-72(78)90(27,28)48-8,79-73(91(29,30)49-9)57-67(85(17,18)43-3)58-74(79)92(31,32)50-10)105-99(104-81,96(39,40)62-101)80-75(93(33,34)51-11)59-68(86(19,20)44-4)60-76(80)94(35,36)52-12/h53-60,81-82,100-101H,41-52,61-64H2,1-40H3. The van der Waals surface area contributed by atoms with E-state index in [9.17, 15) is 19.7 Å². The van der Waals surface area contributed by atoms with Crippen LogP contribution in [0.25, 0.3) is 0 Å². The minimum absolute atomic E-state index is 0.131. The van der Waals surface area contributed by atoms with Gasteiger partial charge in [0.2, 0.25) is 5.79 Å². The first-order valence-corrected chi connectivity index (χ1v) is 42.4. The lowest BCUT2D eigenvalue weighted by atomic mass is 9.50. The molecule has 4 aromatic carbocycles. The van der Waals surface area contributed by atoms with Crippen molar-refractivity contribution in [2.45, 2.75) is 443 Å². The summed E-state index contributed by atoms with van der Waals surface area (Å²) in [5.74, 6) is -1.83. The number of aliphatic hydroxyl groups excluding tert-OH is 2. The lowest BCUT2D eigenvalue weighted by Crippen LogP contribution is -2.72. The van der Waals surface area contributed by atoms with Crippen molar-refractivity contribution in [2.75, 3.05) is 26.4 Å². The highest BCUT2D eigenvalue weighted by atomic mass is 16.7. The van der Waals surface area contributed by atoms with Gasteiger partial charge in [0.15, 0.2) is 6.29 Å². The van der Waals surface area contributed by atoms with E-state index in [-0.39, 0.29) is 48.1 Å². The maximum absolute atomic E-state index is 13.8. The van der Waals surface area contributed by atoms with Crippen LogP contribution >= 0.6 is 0 Å². The van der Waals surface area contributed by atoms with Crippen LogP contribution in [0.4, 0.5) is 0 Å². The molecule has 6 rings (SSSR count). The van der Waals surface area contributed by atoms with Crippen molar-refractivity contribution in [1.82, 2.24) is 0 Å². The molecule has 2 unspecified atom stereocenters. The highest BCUT2D eigenvalue weighted by Gasteiger charge is 2.76. The second kappa shape index (κ2) is 30.6. The maximum Gasteiger partial charge on any atom is 0.204 e. The van der Waals surface area contributed by atoms with Crippen LogP contribution in [0, 0.1) is 16.2 Å². The summed E-state index contributed by atoms with van der Waals surface area (Å²) in [5, 5.41) is 25.6. The van der Waals surface area contributed by atoms with Gasteiger partial charge in [-0.2, -0.15) is 0 Å². The van der Waals surface area contributed by atoms with Gasteiger partial charge in [-0.3, -0.25) is 0 Å². The minimum atomic E-state index is -1.83. The summed E-state index contributed by atoms with van der Waals surface area (Å²) in [5.41, 5.74) is 10.1. The molecule has 0 aromatic heterocycles. The fourth-order valence-corrected chi connectivity index (χ4v) is 16.3. The Kier molecular flexibility index (Phi) is 26.4. The monoisotopic (exact) mass is 1450 g/mol. The van der Waals surface area contributed by atoms with Crippen LogP contribution < -0.4 is 0 Å². The summed E-state index contributed by atoms with van der Waals surface area (Å²) >= 11 is 0. The van der Waals surface area contributed by atoms with Crippen LogP contribution in [0.2, 0.25) is 0 Å². The van der Waals surface area contributed by atoms with Crippen molar-refractivity contribution < 1.29 is 29.2 Å². The Bertz CT molecular complexity index is 3410. The number of aliphatic hydroxyl groups is 2. The van der Waals surface area contributed by atoms with E-state index in [2.05, 4.69) is 325 Å². The molecule has 0 amide bonds. The third-order valence-electron chi connectivity index (χ3n) is 30.6. The molecule has 596 valence electrons. The molecule has 2 aliphatic rings. The average Bonchev–Trinajstić information content (AvgIpc) is 0.649. The molecule has 0 radical (unpaired) electrons. The molecule has 0 saturated carbocycles. The van der Waals surface area contributed by atoms with Crippen molar-refractivity contribution in [3.8, 4) is 0 Å². The van der Waals surface area contributed by atoms with Gasteiger partial charge in [0.25, 0.3) is 0 Å². The van der Waals surface area contributed by atoms with E-state index in [0.717, 1.165) is 82.6 Å². The van der Waals surface area contributed by atoms with Gasteiger partial charge in [0.1, 0.15) is 11.7 Å². The Morgan fingerprint density at radius 1 is 0.305 bits per heavy atom. The Labute approximate surface area is 648 Å². The first-order valence-electron chi connectivity index (χ1n) is 42.4. The number of ether oxygens (including phenoxy) is 4. The Morgan fingerprint density at radius 3 is 0.743 bits per heavy atom. The highest BCUT2D eigenvalue weighted by molar-refractivity contribution is 5.65. The van der Waals surface area contributed by atoms with Crippen LogP contribution in [0.15, 0.2) is 48.5 Å².